The molecule has 5 nitrogen and oxygen atoms in total. The van der Waals surface area contributed by atoms with E-state index in [1.165, 1.54) is 5.56 Å². The van der Waals surface area contributed by atoms with Crippen LogP contribution in [0.2, 0.25) is 0 Å². The van der Waals surface area contributed by atoms with Gasteiger partial charge in [-0.2, -0.15) is 0 Å². The number of hydrogen-bond acceptors (Lipinski definition) is 3. The number of nitrogens with one attached hydrogen (secondary N) is 1. The van der Waals surface area contributed by atoms with E-state index in [1.807, 2.05) is 18.2 Å². The lowest BCUT2D eigenvalue weighted by Crippen LogP contribution is -2.23. The minimum atomic E-state index is -3.26. The maximum atomic E-state index is 12.2. The number of sulfone groups is 1. The van der Waals surface area contributed by atoms with E-state index in [0.717, 1.165) is 5.69 Å². The van der Waals surface area contributed by atoms with Crippen LogP contribution in [0.1, 0.15) is 31.7 Å². The molecule has 0 saturated carbocycles. The summed E-state index contributed by atoms with van der Waals surface area (Å²) in [7, 11) is -3.26. The summed E-state index contributed by atoms with van der Waals surface area (Å²) in [6.07, 6.45) is 0.422. The maximum absolute atomic E-state index is 12.2. The number of benzene rings is 2. The Kier molecular flexibility index (Phi) is 9.07. The normalized spacial score (nSPS) is 11.9. The van der Waals surface area contributed by atoms with Crippen LogP contribution in [0.4, 0.5) is 5.69 Å². The second-order valence-corrected chi connectivity index (χ2v) is 8.27. The van der Waals surface area contributed by atoms with Gasteiger partial charge in [-0.3, -0.25) is 4.99 Å². The predicted octanol–water partition coefficient (Wildman–Crippen LogP) is 4.02. The first kappa shape index (κ1) is 22.4. The third-order valence-corrected chi connectivity index (χ3v) is 5.60. The molecule has 0 aliphatic heterocycles. The first-order valence-electron chi connectivity index (χ1n) is 8.33. The van der Waals surface area contributed by atoms with Gasteiger partial charge in [0.15, 0.2) is 15.8 Å². The van der Waals surface area contributed by atoms with E-state index in [0.29, 0.717) is 23.8 Å². The first-order valence-corrected chi connectivity index (χ1v) is 9.98. The quantitative estimate of drug-likeness (QED) is 0.268. The molecular weight excluding hydrogens is 461 g/mol. The molecule has 0 aliphatic rings. The summed E-state index contributed by atoms with van der Waals surface area (Å²) in [5.41, 5.74) is 7.98. The molecule has 0 bridgehead atoms. The van der Waals surface area contributed by atoms with Crippen LogP contribution in [0.25, 0.3) is 0 Å². The summed E-state index contributed by atoms with van der Waals surface area (Å²) in [5.74, 6) is 0.775. The molecule has 3 N–H and O–H groups in total. The summed E-state index contributed by atoms with van der Waals surface area (Å²) in [5, 5.41) is 3.04. The van der Waals surface area contributed by atoms with E-state index in [1.54, 1.807) is 30.3 Å². The predicted molar refractivity (Wildman–Crippen MR) is 119 cm³/mol. The van der Waals surface area contributed by atoms with Crippen LogP contribution in [0.5, 0.6) is 0 Å². The lowest BCUT2D eigenvalue weighted by Gasteiger charge is -2.10. The molecule has 0 saturated heterocycles. The Hall–Kier alpha value is -1.61. The highest BCUT2D eigenvalue weighted by Crippen LogP contribution is 2.18. The fourth-order valence-electron chi connectivity index (χ4n) is 2.36. The third kappa shape index (κ3) is 6.95. The van der Waals surface area contributed by atoms with Gasteiger partial charge in [-0.05, 0) is 42.2 Å². The summed E-state index contributed by atoms with van der Waals surface area (Å²) in [6, 6.07) is 16.4. The van der Waals surface area contributed by atoms with Gasteiger partial charge in [-0.25, -0.2) is 8.42 Å². The molecule has 0 fully saturated rings. The van der Waals surface area contributed by atoms with Gasteiger partial charge in [0.2, 0.25) is 0 Å². The van der Waals surface area contributed by atoms with Gasteiger partial charge in [0.05, 0.1) is 10.6 Å². The van der Waals surface area contributed by atoms with Crippen molar-refractivity contribution in [2.75, 3.05) is 17.6 Å². The fraction of sp³-hybridized carbons (Fsp3) is 0.316. The summed E-state index contributed by atoms with van der Waals surface area (Å²) < 4.78 is 24.3. The number of halogens is 1. The zero-order valence-electron chi connectivity index (χ0n) is 15.1. The summed E-state index contributed by atoms with van der Waals surface area (Å²) in [6.45, 7) is 4.61. The van der Waals surface area contributed by atoms with E-state index in [9.17, 15) is 8.42 Å². The molecule has 0 atom stereocenters. The minimum absolute atomic E-state index is 0. The molecule has 2 aromatic rings. The largest absolute Gasteiger partial charge is 0.370 e. The molecule has 2 aromatic carbocycles. The number of rotatable bonds is 7. The van der Waals surface area contributed by atoms with Crippen molar-refractivity contribution in [2.24, 2.45) is 10.7 Å². The maximum Gasteiger partial charge on any atom is 0.193 e. The molecular formula is C19H26IN3O2S. The molecule has 7 heteroatoms. The van der Waals surface area contributed by atoms with Crippen molar-refractivity contribution in [1.82, 2.24) is 0 Å². The van der Waals surface area contributed by atoms with E-state index in [-0.39, 0.29) is 35.7 Å². The van der Waals surface area contributed by atoms with Crippen LogP contribution in [0.15, 0.2) is 64.5 Å². The van der Waals surface area contributed by atoms with Crippen molar-refractivity contribution >= 4 is 45.5 Å². The standard InChI is InChI=1S/C19H25N3O2S.HI/c1-15(2)16-8-6-9-17(14-16)22-19(20)21-12-7-13-25(23,24)18-10-4-3-5-11-18;/h3-6,8-11,14-15H,7,12-13H2,1-2H3,(H3,20,21,22);1H. The smallest absolute Gasteiger partial charge is 0.193 e. The van der Waals surface area contributed by atoms with Crippen molar-refractivity contribution in [2.45, 2.75) is 31.1 Å². The number of hydrogen-bond donors (Lipinski definition) is 2. The van der Waals surface area contributed by atoms with Crippen LogP contribution in [-0.4, -0.2) is 26.7 Å². The Morgan fingerprint density at radius 3 is 2.46 bits per heavy atom. The summed E-state index contributed by atoms with van der Waals surface area (Å²) in [4.78, 5) is 4.55. The van der Waals surface area contributed by atoms with Gasteiger partial charge < -0.3 is 11.1 Å². The monoisotopic (exact) mass is 487 g/mol. The fourth-order valence-corrected chi connectivity index (χ4v) is 3.68. The van der Waals surface area contributed by atoms with Crippen LogP contribution in [-0.2, 0) is 9.84 Å². The number of anilines is 1. The molecule has 26 heavy (non-hydrogen) atoms. The van der Waals surface area contributed by atoms with Gasteiger partial charge in [0, 0.05) is 12.2 Å². The Morgan fingerprint density at radius 2 is 1.81 bits per heavy atom. The molecule has 0 spiro atoms. The Balaban J connectivity index is 0.00000338. The molecule has 0 radical (unpaired) electrons. The highest BCUT2D eigenvalue weighted by molar-refractivity contribution is 14.0. The van der Waals surface area contributed by atoms with Crippen molar-refractivity contribution in [3.8, 4) is 0 Å². The minimum Gasteiger partial charge on any atom is -0.370 e. The third-order valence-electron chi connectivity index (χ3n) is 3.78. The number of nitrogens with zero attached hydrogens (tertiary/aromatic N) is 1. The Labute approximate surface area is 173 Å². The van der Waals surface area contributed by atoms with E-state index >= 15 is 0 Å². The van der Waals surface area contributed by atoms with Crippen LogP contribution >= 0.6 is 24.0 Å². The molecule has 142 valence electrons. The zero-order valence-corrected chi connectivity index (χ0v) is 18.2. The number of guanidine groups is 1. The molecule has 0 unspecified atom stereocenters. The van der Waals surface area contributed by atoms with Gasteiger partial charge in [0.25, 0.3) is 0 Å². The number of nitrogens with two attached hydrogens (primary N) is 1. The van der Waals surface area contributed by atoms with Crippen molar-refractivity contribution in [3.05, 3.63) is 60.2 Å². The average molecular weight is 487 g/mol. The van der Waals surface area contributed by atoms with E-state index < -0.39 is 9.84 Å². The van der Waals surface area contributed by atoms with Crippen LogP contribution < -0.4 is 11.1 Å². The second kappa shape index (κ2) is 10.5. The molecule has 0 heterocycles. The molecule has 0 aromatic heterocycles. The Bertz CT molecular complexity index is 822. The molecule has 2 rings (SSSR count). The van der Waals surface area contributed by atoms with Crippen molar-refractivity contribution in [3.63, 3.8) is 0 Å². The zero-order chi connectivity index (χ0) is 18.3. The Morgan fingerprint density at radius 1 is 1.12 bits per heavy atom. The van der Waals surface area contributed by atoms with Crippen molar-refractivity contribution in [1.29, 1.82) is 0 Å². The van der Waals surface area contributed by atoms with Gasteiger partial charge in [-0.15, -0.1) is 24.0 Å². The van der Waals surface area contributed by atoms with Crippen LogP contribution in [0, 0.1) is 0 Å². The second-order valence-electron chi connectivity index (χ2n) is 6.16. The molecule has 0 amide bonds. The number of aliphatic imine (C=N–C) groups is 1. The highest BCUT2D eigenvalue weighted by Gasteiger charge is 2.12. The summed E-state index contributed by atoms with van der Waals surface area (Å²) >= 11 is 0. The molecule has 0 aliphatic carbocycles. The SMILES string of the molecule is CC(C)c1cccc(NC(N)=NCCCS(=O)(=O)c2ccccc2)c1.I. The average Bonchev–Trinajstić information content (AvgIpc) is 2.60. The van der Waals surface area contributed by atoms with Crippen LogP contribution in [0.3, 0.4) is 0 Å². The van der Waals surface area contributed by atoms with Gasteiger partial charge in [-0.1, -0.05) is 44.2 Å². The van der Waals surface area contributed by atoms with E-state index in [4.69, 9.17) is 5.73 Å². The first-order chi connectivity index (χ1) is 11.9. The van der Waals surface area contributed by atoms with Gasteiger partial charge >= 0.3 is 0 Å². The van der Waals surface area contributed by atoms with E-state index in [2.05, 4.69) is 30.2 Å². The van der Waals surface area contributed by atoms with Crippen molar-refractivity contribution < 1.29 is 8.42 Å². The lowest BCUT2D eigenvalue weighted by molar-refractivity contribution is 0.593. The van der Waals surface area contributed by atoms with Gasteiger partial charge in [0.1, 0.15) is 0 Å². The highest BCUT2D eigenvalue weighted by atomic mass is 127. The topological polar surface area (TPSA) is 84.5 Å². The lowest BCUT2D eigenvalue weighted by atomic mass is 10.0.